The van der Waals surface area contributed by atoms with Crippen LogP contribution in [0.5, 0.6) is 0 Å². The summed E-state index contributed by atoms with van der Waals surface area (Å²) in [4.78, 5) is 0. The van der Waals surface area contributed by atoms with Crippen LogP contribution >= 0.6 is 0 Å². The minimum absolute atomic E-state index is 0.428. The minimum atomic E-state index is 0.428. The van der Waals surface area contributed by atoms with Gasteiger partial charge in [-0.25, -0.2) is 0 Å². The van der Waals surface area contributed by atoms with Crippen LogP contribution in [0.15, 0.2) is 0 Å². The number of hydrogen-bond donors (Lipinski definition) is 1. The molecule has 2 saturated carbocycles. The second-order valence-electron chi connectivity index (χ2n) is 7.87. The molecule has 5 nitrogen and oxygen atoms in total. The molecule has 2 atom stereocenters. The van der Waals surface area contributed by atoms with Crippen LogP contribution in [0.1, 0.15) is 69.9 Å². The third-order valence-corrected chi connectivity index (χ3v) is 6.61. The summed E-state index contributed by atoms with van der Waals surface area (Å²) >= 11 is 0. The van der Waals surface area contributed by atoms with Gasteiger partial charge in [-0.1, -0.05) is 19.3 Å². The Morgan fingerprint density at radius 3 is 2.88 bits per heavy atom. The molecule has 1 aliphatic heterocycles. The molecule has 0 unspecified atom stereocenters. The van der Waals surface area contributed by atoms with Gasteiger partial charge in [0, 0.05) is 44.0 Å². The monoisotopic (exact) mass is 332 g/mol. The first kappa shape index (κ1) is 16.5. The van der Waals surface area contributed by atoms with E-state index in [1.807, 2.05) is 0 Å². The third kappa shape index (κ3) is 2.90. The van der Waals surface area contributed by atoms with Crippen molar-refractivity contribution in [3.8, 4) is 0 Å². The molecule has 24 heavy (non-hydrogen) atoms. The lowest BCUT2D eigenvalue weighted by Crippen LogP contribution is -2.62. The molecule has 1 aromatic rings. The van der Waals surface area contributed by atoms with E-state index in [-0.39, 0.29) is 0 Å². The average molecular weight is 332 g/mol. The van der Waals surface area contributed by atoms with Gasteiger partial charge in [0.05, 0.1) is 6.10 Å². The van der Waals surface area contributed by atoms with E-state index < -0.39 is 0 Å². The normalized spacial score (nSPS) is 28.5. The first-order valence-corrected chi connectivity index (χ1v) is 10.1. The van der Waals surface area contributed by atoms with Crippen molar-refractivity contribution in [2.45, 2.75) is 89.8 Å². The Morgan fingerprint density at radius 1 is 1.17 bits per heavy atom. The predicted molar refractivity (Wildman–Crippen MR) is 94.0 cm³/mol. The van der Waals surface area contributed by atoms with Crippen LogP contribution in [0.25, 0.3) is 0 Å². The minimum Gasteiger partial charge on any atom is -0.378 e. The molecule has 134 valence electrons. The van der Waals surface area contributed by atoms with Crippen LogP contribution in [0.2, 0.25) is 0 Å². The third-order valence-electron chi connectivity index (χ3n) is 6.61. The van der Waals surface area contributed by atoms with Gasteiger partial charge in [0.1, 0.15) is 11.6 Å². The first-order chi connectivity index (χ1) is 11.8. The summed E-state index contributed by atoms with van der Waals surface area (Å²) in [6.07, 6.45) is 13.1. The smallest absolute Gasteiger partial charge is 0.134 e. The standard InChI is InChI=1S/C19H32N4O/c1-2-24-16-14-15(19(16)10-5-6-11-19)20-12-9-18-22-21-17-8-4-3-7-13-23(17)18/h15-16,20H,2-14H2,1H3/t15-,16+/m0/s1. The molecule has 1 aromatic heterocycles. The van der Waals surface area contributed by atoms with E-state index in [0.717, 1.165) is 32.5 Å². The topological polar surface area (TPSA) is 52.0 Å². The number of aromatic nitrogens is 3. The molecule has 2 heterocycles. The molecule has 0 aromatic carbocycles. The van der Waals surface area contributed by atoms with E-state index >= 15 is 0 Å². The van der Waals surface area contributed by atoms with Gasteiger partial charge in [-0.15, -0.1) is 10.2 Å². The molecule has 2 aliphatic carbocycles. The molecule has 0 bridgehead atoms. The maximum atomic E-state index is 6.02. The van der Waals surface area contributed by atoms with Crippen molar-refractivity contribution in [3.05, 3.63) is 11.6 Å². The molecule has 4 rings (SSSR count). The molecule has 1 N–H and O–H groups in total. The van der Waals surface area contributed by atoms with Gasteiger partial charge < -0.3 is 14.6 Å². The highest BCUT2D eigenvalue weighted by Crippen LogP contribution is 2.54. The molecular weight excluding hydrogens is 300 g/mol. The molecule has 0 amide bonds. The number of aryl methyl sites for hydroxylation is 1. The largest absolute Gasteiger partial charge is 0.378 e. The van der Waals surface area contributed by atoms with Crippen LogP contribution in [0, 0.1) is 5.41 Å². The van der Waals surface area contributed by atoms with Crippen molar-refractivity contribution < 1.29 is 4.74 Å². The van der Waals surface area contributed by atoms with Crippen molar-refractivity contribution in [2.24, 2.45) is 5.41 Å². The summed E-state index contributed by atoms with van der Waals surface area (Å²) in [5.41, 5.74) is 0.428. The maximum absolute atomic E-state index is 6.02. The van der Waals surface area contributed by atoms with Crippen molar-refractivity contribution in [1.29, 1.82) is 0 Å². The van der Waals surface area contributed by atoms with Gasteiger partial charge in [0.15, 0.2) is 0 Å². The van der Waals surface area contributed by atoms with E-state index in [4.69, 9.17) is 4.74 Å². The predicted octanol–water partition coefficient (Wildman–Crippen LogP) is 2.87. The van der Waals surface area contributed by atoms with Gasteiger partial charge in [-0.05, 0) is 39.0 Å². The van der Waals surface area contributed by atoms with Crippen molar-refractivity contribution >= 4 is 0 Å². The number of nitrogens with zero attached hydrogens (tertiary/aromatic N) is 3. The zero-order valence-electron chi connectivity index (χ0n) is 15.1. The fourth-order valence-corrected chi connectivity index (χ4v) is 5.26. The van der Waals surface area contributed by atoms with Gasteiger partial charge >= 0.3 is 0 Å². The van der Waals surface area contributed by atoms with E-state index in [9.17, 15) is 0 Å². The fraction of sp³-hybridized carbons (Fsp3) is 0.895. The van der Waals surface area contributed by atoms with E-state index in [1.165, 1.54) is 63.0 Å². The van der Waals surface area contributed by atoms with Crippen LogP contribution in [0.4, 0.5) is 0 Å². The maximum Gasteiger partial charge on any atom is 0.134 e. The van der Waals surface area contributed by atoms with E-state index in [0.29, 0.717) is 17.6 Å². The SMILES string of the molecule is CCO[C@@H]1C[C@H](NCCc2nnc3n2CCCCC3)C12CCCC2. The van der Waals surface area contributed by atoms with Gasteiger partial charge in [-0.3, -0.25) is 0 Å². The van der Waals surface area contributed by atoms with Crippen molar-refractivity contribution in [2.75, 3.05) is 13.2 Å². The van der Waals surface area contributed by atoms with Gasteiger partial charge in [0.2, 0.25) is 0 Å². The summed E-state index contributed by atoms with van der Waals surface area (Å²) in [7, 11) is 0. The number of fused-ring (bicyclic) bond motifs is 1. The Morgan fingerprint density at radius 2 is 2.04 bits per heavy atom. The fourth-order valence-electron chi connectivity index (χ4n) is 5.26. The van der Waals surface area contributed by atoms with E-state index in [1.54, 1.807) is 0 Å². The van der Waals surface area contributed by atoms with Crippen LogP contribution < -0.4 is 5.32 Å². The molecule has 1 spiro atoms. The highest BCUT2D eigenvalue weighted by molar-refractivity contribution is 5.10. The van der Waals surface area contributed by atoms with Crippen LogP contribution in [-0.4, -0.2) is 40.1 Å². The van der Waals surface area contributed by atoms with Crippen molar-refractivity contribution in [3.63, 3.8) is 0 Å². The number of hydrogen-bond acceptors (Lipinski definition) is 4. The summed E-state index contributed by atoms with van der Waals surface area (Å²) < 4.78 is 8.40. The highest BCUT2D eigenvalue weighted by Gasteiger charge is 2.56. The lowest BCUT2D eigenvalue weighted by Gasteiger charge is -2.54. The Balaban J connectivity index is 1.32. The van der Waals surface area contributed by atoms with Crippen LogP contribution in [0.3, 0.4) is 0 Å². The first-order valence-electron chi connectivity index (χ1n) is 10.1. The Hall–Kier alpha value is -0.940. The lowest BCUT2D eigenvalue weighted by molar-refractivity contribution is -0.130. The van der Waals surface area contributed by atoms with Crippen LogP contribution in [-0.2, 0) is 24.1 Å². The Labute approximate surface area is 145 Å². The number of nitrogens with one attached hydrogen (secondary N) is 1. The Kier molecular flexibility index (Phi) is 4.90. The molecule has 2 fully saturated rings. The molecular formula is C19H32N4O. The second-order valence-corrected chi connectivity index (χ2v) is 7.87. The quantitative estimate of drug-likeness (QED) is 0.870. The summed E-state index contributed by atoms with van der Waals surface area (Å²) in [6, 6.07) is 0.642. The molecule has 3 aliphatic rings. The zero-order valence-corrected chi connectivity index (χ0v) is 15.1. The summed E-state index contributed by atoms with van der Waals surface area (Å²) in [5.74, 6) is 2.38. The van der Waals surface area contributed by atoms with Gasteiger partial charge in [-0.2, -0.15) is 0 Å². The molecule has 5 heteroatoms. The highest BCUT2D eigenvalue weighted by atomic mass is 16.5. The second kappa shape index (κ2) is 7.12. The Bertz CT molecular complexity index is 550. The number of rotatable bonds is 6. The zero-order chi connectivity index (χ0) is 16.4. The summed E-state index contributed by atoms with van der Waals surface area (Å²) in [6.45, 7) is 5.10. The average Bonchev–Trinajstić information content (AvgIpc) is 3.18. The van der Waals surface area contributed by atoms with Gasteiger partial charge in [0.25, 0.3) is 0 Å². The molecule has 0 saturated heterocycles. The van der Waals surface area contributed by atoms with Crippen molar-refractivity contribution in [1.82, 2.24) is 20.1 Å². The summed E-state index contributed by atoms with van der Waals surface area (Å²) in [5, 5.41) is 12.7. The van der Waals surface area contributed by atoms with E-state index in [2.05, 4.69) is 27.0 Å². The number of ether oxygens (including phenoxy) is 1. The molecule has 0 radical (unpaired) electrons. The lowest BCUT2D eigenvalue weighted by atomic mass is 9.60.